The molecule has 0 fully saturated rings. The third-order valence-electron chi connectivity index (χ3n) is 5.52. The Kier molecular flexibility index (Phi) is 6.34. The fourth-order valence-corrected chi connectivity index (χ4v) is 5.28. The van der Waals surface area contributed by atoms with Gasteiger partial charge in [0.2, 0.25) is 0 Å². The number of phosphoric ester groups is 2. The van der Waals surface area contributed by atoms with Crippen molar-refractivity contribution < 1.29 is 37.8 Å². The number of phosphoric acid groups is 2. The van der Waals surface area contributed by atoms with Gasteiger partial charge in [0.1, 0.15) is 11.5 Å². The van der Waals surface area contributed by atoms with Crippen molar-refractivity contribution in [3.8, 4) is 11.5 Å². The van der Waals surface area contributed by atoms with E-state index in [-0.39, 0.29) is 17.4 Å². The van der Waals surface area contributed by atoms with Crippen LogP contribution in [0.1, 0.15) is 44.9 Å². The number of hydrogen-bond acceptors (Lipinski definition) is 4. The Bertz CT molecular complexity index is 1380. The zero-order chi connectivity index (χ0) is 24.8. The molecule has 0 saturated carbocycles. The number of aryl methyl sites for hydroxylation is 3. The lowest BCUT2D eigenvalue weighted by molar-refractivity contribution is 0.281. The smallest absolute Gasteiger partial charge is 0.404 e. The van der Waals surface area contributed by atoms with E-state index < -0.39 is 15.6 Å². The summed E-state index contributed by atoms with van der Waals surface area (Å²) in [5, 5.41) is 0. The van der Waals surface area contributed by atoms with Crippen LogP contribution in [-0.2, 0) is 9.13 Å². The molecule has 1 aliphatic carbocycles. The molecule has 0 unspecified atom stereocenters. The van der Waals surface area contributed by atoms with E-state index in [0.717, 1.165) is 44.5 Å². The minimum atomic E-state index is -4.73. The van der Waals surface area contributed by atoms with Crippen LogP contribution in [0.3, 0.4) is 0 Å². The molecule has 10 heteroatoms. The summed E-state index contributed by atoms with van der Waals surface area (Å²) in [5.74, 6) is -0.126. The Hall–Kier alpha value is -2.70. The first-order valence-corrected chi connectivity index (χ1v) is 13.4. The summed E-state index contributed by atoms with van der Waals surface area (Å²) in [6.45, 7) is 5.86. The summed E-state index contributed by atoms with van der Waals surface area (Å²) < 4.78 is 32.1. The Morgan fingerprint density at radius 2 is 1.32 bits per heavy atom. The molecule has 3 aromatic rings. The number of fused-ring (bicyclic) bond motifs is 1. The van der Waals surface area contributed by atoms with Gasteiger partial charge in [0, 0.05) is 5.92 Å². The third-order valence-corrected chi connectivity index (χ3v) is 6.41. The lowest BCUT2D eigenvalue weighted by atomic mass is 9.82. The van der Waals surface area contributed by atoms with Crippen LogP contribution >= 0.6 is 15.6 Å². The molecule has 178 valence electrons. The fraction of sp³-hybridized carbons (Fsp3) is 0.167. The first-order chi connectivity index (χ1) is 15.8. The number of hydrogen-bond donors (Lipinski definition) is 4. The van der Waals surface area contributed by atoms with Gasteiger partial charge in [-0.3, -0.25) is 19.6 Å². The molecule has 3 aromatic carbocycles. The second-order valence-corrected chi connectivity index (χ2v) is 10.7. The molecule has 8 nitrogen and oxygen atoms in total. The summed E-state index contributed by atoms with van der Waals surface area (Å²) in [6.07, 6.45) is 2.06. The first-order valence-electron chi connectivity index (χ1n) is 10.3. The van der Waals surface area contributed by atoms with Gasteiger partial charge in [-0.1, -0.05) is 35.9 Å². The van der Waals surface area contributed by atoms with Gasteiger partial charge in [-0.05, 0) is 90.1 Å². The van der Waals surface area contributed by atoms with Crippen molar-refractivity contribution in [1.29, 1.82) is 0 Å². The third kappa shape index (κ3) is 5.50. The highest BCUT2D eigenvalue weighted by atomic mass is 31.2. The van der Waals surface area contributed by atoms with E-state index >= 15 is 0 Å². The second-order valence-electron chi connectivity index (χ2n) is 8.38. The summed E-state index contributed by atoms with van der Waals surface area (Å²) in [5.41, 5.74) is 7.62. The molecule has 0 spiro atoms. The van der Waals surface area contributed by atoms with Crippen molar-refractivity contribution in [2.24, 2.45) is 0 Å². The molecule has 1 atom stereocenters. The van der Waals surface area contributed by atoms with Crippen molar-refractivity contribution in [3.63, 3.8) is 0 Å². The Balaban J connectivity index is 1.84. The van der Waals surface area contributed by atoms with Crippen LogP contribution in [0.15, 0.2) is 54.6 Å². The van der Waals surface area contributed by atoms with Gasteiger partial charge in [0.05, 0.1) is 0 Å². The topological polar surface area (TPSA) is 134 Å². The van der Waals surface area contributed by atoms with Crippen molar-refractivity contribution in [1.82, 2.24) is 0 Å². The normalized spacial score (nSPS) is 15.6. The molecule has 0 amide bonds. The Morgan fingerprint density at radius 3 is 1.94 bits per heavy atom. The predicted octanol–water partition coefficient (Wildman–Crippen LogP) is 5.24. The number of allylic oxidation sites excluding steroid dienone is 1. The van der Waals surface area contributed by atoms with E-state index in [9.17, 15) is 18.9 Å². The molecule has 0 radical (unpaired) electrons. The van der Waals surface area contributed by atoms with Gasteiger partial charge in [-0.25, -0.2) is 9.13 Å². The Morgan fingerprint density at radius 1 is 0.735 bits per heavy atom. The summed E-state index contributed by atoms with van der Waals surface area (Å²) in [6, 6.07) is 15.7. The van der Waals surface area contributed by atoms with Crippen LogP contribution in [-0.4, -0.2) is 19.6 Å². The average molecular weight is 502 g/mol. The molecule has 0 aromatic heterocycles. The molecule has 0 saturated heterocycles. The lowest BCUT2D eigenvalue weighted by Crippen LogP contribution is -2.05. The highest BCUT2D eigenvalue weighted by Gasteiger charge is 2.31. The van der Waals surface area contributed by atoms with Crippen LogP contribution in [0.2, 0.25) is 0 Å². The minimum absolute atomic E-state index is 0.0460. The molecule has 4 N–H and O–H groups in total. The average Bonchev–Trinajstić information content (AvgIpc) is 3.05. The van der Waals surface area contributed by atoms with E-state index in [2.05, 4.69) is 22.7 Å². The van der Waals surface area contributed by atoms with Gasteiger partial charge in [-0.15, -0.1) is 0 Å². The number of rotatable bonds is 6. The van der Waals surface area contributed by atoms with Crippen LogP contribution < -0.4 is 9.05 Å². The maximum atomic E-state index is 11.4. The largest absolute Gasteiger partial charge is 0.524 e. The van der Waals surface area contributed by atoms with Crippen molar-refractivity contribution >= 4 is 27.3 Å². The van der Waals surface area contributed by atoms with Crippen molar-refractivity contribution in [2.45, 2.75) is 26.7 Å². The molecule has 0 aliphatic heterocycles. The molecule has 4 rings (SSSR count). The monoisotopic (exact) mass is 502 g/mol. The standard InChI is InChI=1S/C24H24O8P2/c1-14-8-16(3)23-19(9-14)13-22(17-4-6-20(7-5-17)31-33(25,26)27)24(23)18-10-15(2)11-21(12-18)32-34(28,29)30/h4-13,24H,1-3H3,(H2,25,26,27)(H2,28,29,30)/t24-/m0/s1. The predicted molar refractivity (Wildman–Crippen MR) is 129 cm³/mol. The molecule has 0 heterocycles. The summed E-state index contributed by atoms with van der Waals surface area (Å²) in [7, 11) is -9.40. The molecule has 0 bridgehead atoms. The van der Waals surface area contributed by atoms with Gasteiger partial charge >= 0.3 is 15.6 Å². The van der Waals surface area contributed by atoms with Gasteiger partial charge in [0.15, 0.2) is 0 Å². The molecule has 34 heavy (non-hydrogen) atoms. The molecular formula is C24H24O8P2. The van der Waals surface area contributed by atoms with Gasteiger partial charge in [-0.2, -0.15) is 0 Å². The van der Waals surface area contributed by atoms with E-state index in [4.69, 9.17) is 14.3 Å². The zero-order valence-corrected chi connectivity index (χ0v) is 20.5. The van der Waals surface area contributed by atoms with Crippen LogP contribution in [0.4, 0.5) is 0 Å². The Labute approximate surface area is 197 Å². The summed E-state index contributed by atoms with van der Waals surface area (Å²) >= 11 is 0. The van der Waals surface area contributed by atoms with E-state index in [1.807, 2.05) is 26.8 Å². The van der Waals surface area contributed by atoms with Crippen molar-refractivity contribution in [3.05, 3.63) is 93.5 Å². The number of benzene rings is 3. The van der Waals surface area contributed by atoms with Crippen LogP contribution in [0.25, 0.3) is 11.6 Å². The van der Waals surface area contributed by atoms with Crippen LogP contribution in [0, 0.1) is 20.8 Å². The SMILES string of the molecule is Cc1cc(OP(=O)(O)O)cc([C@H]2C(c3ccc(OP(=O)(O)O)cc3)=Cc3cc(C)cc(C)c32)c1. The second kappa shape index (κ2) is 8.82. The maximum Gasteiger partial charge on any atom is 0.524 e. The van der Waals surface area contributed by atoms with Gasteiger partial charge in [0.25, 0.3) is 0 Å². The maximum absolute atomic E-state index is 11.4. The van der Waals surface area contributed by atoms with E-state index in [0.29, 0.717) is 0 Å². The highest BCUT2D eigenvalue weighted by Crippen LogP contribution is 2.49. The van der Waals surface area contributed by atoms with E-state index in [1.54, 1.807) is 24.3 Å². The molecule has 1 aliphatic rings. The quantitative estimate of drug-likeness (QED) is 0.336. The summed E-state index contributed by atoms with van der Waals surface area (Å²) in [4.78, 5) is 36.7. The van der Waals surface area contributed by atoms with E-state index in [1.165, 1.54) is 12.1 Å². The fourth-order valence-electron chi connectivity index (χ4n) is 4.51. The minimum Gasteiger partial charge on any atom is -0.404 e. The lowest BCUT2D eigenvalue weighted by Gasteiger charge is -2.22. The van der Waals surface area contributed by atoms with Crippen molar-refractivity contribution in [2.75, 3.05) is 0 Å². The van der Waals surface area contributed by atoms with Crippen LogP contribution in [0.5, 0.6) is 11.5 Å². The first kappa shape index (κ1) is 24.4. The van der Waals surface area contributed by atoms with Gasteiger partial charge < -0.3 is 9.05 Å². The zero-order valence-electron chi connectivity index (χ0n) is 18.7. The molecular weight excluding hydrogens is 478 g/mol. The highest BCUT2D eigenvalue weighted by molar-refractivity contribution is 7.47.